The lowest BCUT2D eigenvalue weighted by Gasteiger charge is -2.50. The third-order valence-corrected chi connectivity index (χ3v) is 10.8. The third-order valence-electron chi connectivity index (χ3n) is 8.87. The Balaban J connectivity index is 1.54. The highest BCUT2D eigenvalue weighted by Gasteiger charge is 2.76. The maximum absolute atomic E-state index is 14.1. The van der Waals surface area contributed by atoms with Gasteiger partial charge < -0.3 is 9.84 Å². The fraction of sp³-hybridized carbons (Fsp3) is 0.357. The number of phenols is 1. The number of aromatic hydroxyl groups is 1. The molecule has 0 bridgehead atoms. The number of likely N-dealkylation sites (tertiary alicyclic amines) is 1. The molecular formula is C28H22BrCl2N3O8. The maximum Gasteiger partial charge on any atom is 0.271 e. The van der Waals surface area contributed by atoms with Gasteiger partial charge in [-0.15, -0.1) is 23.2 Å². The minimum absolute atomic E-state index is 0.0507. The number of imide groups is 2. The fourth-order valence-electron chi connectivity index (χ4n) is 7.07. The molecule has 1 saturated carbocycles. The molecular weight excluding hydrogens is 657 g/mol. The zero-order valence-corrected chi connectivity index (χ0v) is 24.9. The number of anilines is 1. The fourth-order valence-corrected chi connectivity index (χ4v) is 8.48. The quantitative estimate of drug-likeness (QED) is 0.123. The number of nitro groups is 1. The second-order valence-electron chi connectivity index (χ2n) is 10.7. The number of methoxy groups -OCH3 is 1. The molecule has 2 aliphatic carbocycles. The van der Waals surface area contributed by atoms with E-state index >= 15 is 0 Å². The number of carbonyl (C=O) groups excluding carboxylic acids is 4. The number of fused-ring (bicyclic) bond motifs is 4. The number of hydrogen-bond acceptors (Lipinski definition) is 8. The van der Waals surface area contributed by atoms with E-state index < -0.39 is 62.0 Å². The van der Waals surface area contributed by atoms with Crippen LogP contribution in [-0.2, 0) is 19.2 Å². The molecule has 42 heavy (non-hydrogen) atoms. The summed E-state index contributed by atoms with van der Waals surface area (Å²) in [6.07, 6.45) is 1.57. The average Bonchev–Trinajstić information content (AvgIpc) is 3.31. The largest absolute Gasteiger partial charge is 0.508 e. The van der Waals surface area contributed by atoms with Crippen molar-refractivity contribution in [1.82, 2.24) is 4.90 Å². The van der Waals surface area contributed by atoms with Crippen LogP contribution in [0.5, 0.6) is 11.5 Å². The summed E-state index contributed by atoms with van der Waals surface area (Å²) in [5.41, 5.74) is 0.171. The molecule has 0 spiro atoms. The van der Waals surface area contributed by atoms with Gasteiger partial charge in [0.2, 0.25) is 11.8 Å². The van der Waals surface area contributed by atoms with Crippen LogP contribution in [0.1, 0.15) is 24.3 Å². The molecule has 14 heteroatoms. The monoisotopic (exact) mass is 677 g/mol. The minimum atomic E-state index is -2.11. The number of ether oxygens (including phenoxy) is 1. The van der Waals surface area contributed by atoms with Crippen LogP contribution >= 0.6 is 39.1 Å². The molecule has 6 atom stereocenters. The molecule has 6 rings (SSSR count). The van der Waals surface area contributed by atoms with Gasteiger partial charge in [0.1, 0.15) is 11.5 Å². The molecule has 2 aromatic rings. The van der Waals surface area contributed by atoms with Crippen LogP contribution < -0.4 is 9.64 Å². The van der Waals surface area contributed by atoms with Crippen LogP contribution in [-0.4, -0.2) is 60.9 Å². The van der Waals surface area contributed by atoms with Crippen molar-refractivity contribution in [2.75, 3.05) is 17.5 Å². The van der Waals surface area contributed by atoms with Crippen molar-refractivity contribution in [3.8, 4) is 11.5 Å². The summed E-state index contributed by atoms with van der Waals surface area (Å²) in [6, 6.07) is 9.72. The summed E-state index contributed by atoms with van der Waals surface area (Å²) in [7, 11) is 1.38. The minimum Gasteiger partial charge on any atom is -0.508 e. The van der Waals surface area contributed by atoms with Gasteiger partial charge in [0.15, 0.2) is 9.75 Å². The zero-order chi connectivity index (χ0) is 30.3. The number of allylic oxidation sites excluding steroid dienone is 2. The first-order valence-electron chi connectivity index (χ1n) is 12.9. The predicted molar refractivity (Wildman–Crippen MR) is 154 cm³/mol. The van der Waals surface area contributed by atoms with Gasteiger partial charge in [-0.25, -0.2) is 4.90 Å². The summed E-state index contributed by atoms with van der Waals surface area (Å²) < 4.78 is 5.54. The van der Waals surface area contributed by atoms with Crippen LogP contribution in [0.15, 0.2) is 54.1 Å². The first-order valence-corrected chi connectivity index (χ1v) is 14.8. The summed E-state index contributed by atoms with van der Waals surface area (Å²) >= 11 is 17.5. The van der Waals surface area contributed by atoms with Crippen LogP contribution in [0.3, 0.4) is 0 Å². The Morgan fingerprint density at radius 3 is 2.48 bits per heavy atom. The molecule has 2 heterocycles. The summed E-state index contributed by atoms with van der Waals surface area (Å²) in [5.74, 6) is -6.66. The third kappa shape index (κ3) is 3.58. The van der Waals surface area contributed by atoms with Crippen molar-refractivity contribution in [3.05, 3.63) is 69.8 Å². The van der Waals surface area contributed by atoms with E-state index in [1.807, 2.05) is 0 Å². The Labute approximate surface area is 257 Å². The van der Waals surface area contributed by atoms with Crippen LogP contribution in [0.4, 0.5) is 11.4 Å². The van der Waals surface area contributed by atoms with Gasteiger partial charge in [-0.2, -0.15) is 0 Å². The lowest BCUT2D eigenvalue weighted by Crippen LogP contribution is -2.60. The number of phenolic OH excluding ortho intramolecular Hbond substituents is 1. The van der Waals surface area contributed by atoms with E-state index in [0.29, 0.717) is 5.57 Å². The number of hydrogen-bond donors (Lipinski definition) is 1. The van der Waals surface area contributed by atoms with Crippen molar-refractivity contribution in [1.29, 1.82) is 0 Å². The second-order valence-corrected chi connectivity index (χ2v) is 12.4. The van der Waals surface area contributed by atoms with Crippen LogP contribution in [0, 0.1) is 27.9 Å². The molecule has 2 saturated heterocycles. The van der Waals surface area contributed by atoms with Gasteiger partial charge >= 0.3 is 0 Å². The average molecular weight is 679 g/mol. The summed E-state index contributed by atoms with van der Waals surface area (Å²) in [4.78, 5) is 63.7. The number of amides is 4. The molecule has 0 aromatic heterocycles. The van der Waals surface area contributed by atoms with Crippen LogP contribution in [0.25, 0.3) is 0 Å². The number of carbonyl (C=O) groups is 4. The zero-order valence-electron chi connectivity index (χ0n) is 21.8. The summed E-state index contributed by atoms with van der Waals surface area (Å²) in [6.45, 7) is 0. The first kappa shape index (κ1) is 28.6. The van der Waals surface area contributed by atoms with Crippen LogP contribution in [0.2, 0.25) is 0 Å². The Hall–Kier alpha value is -3.48. The van der Waals surface area contributed by atoms with E-state index in [2.05, 4.69) is 15.9 Å². The lowest BCUT2D eigenvalue weighted by molar-refractivity contribution is -0.384. The van der Waals surface area contributed by atoms with Gasteiger partial charge in [0.05, 0.1) is 35.0 Å². The van der Waals surface area contributed by atoms with Crippen molar-refractivity contribution in [2.24, 2.45) is 17.8 Å². The van der Waals surface area contributed by atoms with Crippen molar-refractivity contribution in [2.45, 2.75) is 28.5 Å². The first-order chi connectivity index (χ1) is 19.9. The normalized spacial score (nSPS) is 32.0. The molecule has 11 nitrogen and oxygen atoms in total. The van der Waals surface area contributed by atoms with E-state index in [-0.39, 0.29) is 46.7 Å². The number of halogens is 3. The van der Waals surface area contributed by atoms with E-state index in [0.717, 1.165) is 15.9 Å². The van der Waals surface area contributed by atoms with Gasteiger partial charge in [-0.3, -0.25) is 34.2 Å². The Bertz CT molecular complexity index is 1630. The number of non-ortho nitro benzene ring substituents is 1. The van der Waals surface area contributed by atoms with E-state index in [9.17, 15) is 34.4 Å². The van der Waals surface area contributed by atoms with E-state index in [4.69, 9.17) is 27.9 Å². The Morgan fingerprint density at radius 2 is 1.81 bits per heavy atom. The van der Waals surface area contributed by atoms with Gasteiger partial charge in [-0.1, -0.05) is 39.7 Å². The summed E-state index contributed by atoms with van der Waals surface area (Å²) in [5, 5.41) is 22.5. The highest BCUT2D eigenvalue weighted by atomic mass is 79.9. The molecule has 218 valence electrons. The molecule has 3 fully saturated rings. The molecule has 0 radical (unpaired) electrons. The molecule has 1 N–H and O–H groups in total. The van der Waals surface area contributed by atoms with E-state index in [1.165, 1.54) is 31.4 Å². The second kappa shape index (κ2) is 9.78. The van der Waals surface area contributed by atoms with Gasteiger partial charge in [0.25, 0.3) is 17.5 Å². The highest BCUT2D eigenvalue weighted by molar-refractivity contribution is 9.09. The molecule has 4 amide bonds. The number of benzene rings is 2. The standard InChI is InChI=1S/C28H22BrCl2N3O8/c1-42-19-7-3-6-18(35)21(19)22-15-8-9-16-20(17(15)11-27(30)25(38)32(12-29)26(39)28(22,27)31)24(37)33(23(16)36)13-4-2-5-14(10-13)34(40)41/h2-8,10,16-17,20,22,35H,9,11-12H2,1H3. The van der Waals surface area contributed by atoms with Gasteiger partial charge in [0, 0.05) is 23.6 Å². The molecule has 6 unspecified atom stereocenters. The van der Waals surface area contributed by atoms with Crippen molar-refractivity contribution < 1.29 is 33.9 Å². The number of nitrogens with zero attached hydrogens (tertiary/aromatic N) is 3. The van der Waals surface area contributed by atoms with Crippen molar-refractivity contribution >= 4 is 74.1 Å². The predicted octanol–water partition coefficient (Wildman–Crippen LogP) is 4.22. The molecule has 2 aliphatic heterocycles. The van der Waals surface area contributed by atoms with E-state index in [1.54, 1.807) is 18.2 Å². The van der Waals surface area contributed by atoms with Gasteiger partial charge in [-0.05, 0) is 37.0 Å². The smallest absolute Gasteiger partial charge is 0.271 e. The van der Waals surface area contributed by atoms with Crippen molar-refractivity contribution in [3.63, 3.8) is 0 Å². The Morgan fingerprint density at radius 1 is 1.10 bits per heavy atom. The molecule has 2 aromatic carbocycles. The number of alkyl halides is 3. The highest BCUT2D eigenvalue weighted by Crippen LogP contribution is 2.67. The number of rotatable bonds is 5. The SMILES string of the molecule is COc1cccc(O)c1C1C2=CCC3C(=O)N(c4cccc([N+](=O)[O-])c4)C(=O)C3C2CC2(Cl)C(=O)N(CBr)C(=O)C12Cl. The lowest BCUT2D eigenvalue weighted by atomic mass is 9.56. The topological polar surface area (TPSA) is 147 Å². The maximum atomic E-state index is 14.1. The number of nitro benzene ring substituents is 1. The molecule has 4 aliphatic rings. The Kier molecular flexibility index (Phi) is 6.67.